The van der Waals surface area contributed by atoms with Crippen molar-refractivity contribution in [2.75, 3.05) is 0 Å². The highest BCUT2D eigenvalue weighted by Crippen LogP contribution is 2.30. The van der Waals surface area contributed by atoms with Crippen LogP contribution >= 0.6 is 24.0 Å². The Kier molecular flexibility index (Phi) is 2.27. The lowest BCUT2D eigenvalue weighted by Gasteiger charge is -1.97. The van der Waals surface area contributed by atoms with Crippen LogP contribution in [0, 0.1) is 5.82 Å². The standard InChI is InChI=1S/C9H7FOS2/c10-7-1-6(12)2-8-9(7)5(3-11)4-13-8/h1-2,4,11-12H,3H2. The number of aliphatic hydroxyl groups excluding tert-OH is 1. The fourth-order valence-electron chi connectivity index (χ4n) is 1.28. The van der Waals surface area contributed by atoms with Gasteiger partial charge < -0.3 is 5.11 Å². The lowest BCUT2D eigenvalue weighted by molar-refractivity contribution is 0.283. The van der Waals surface area contributed by atoms with Crippen LogP contribution in [0.2, 0.25) is 0 Å². The summed E-state index contributed by atoms with van der Waals surface area (Å²) in [6.45, 7) is -0.122. The third kappa shape index (κ3) is 1.45. The number of aliphatic hydroxyl groups is 1. The van der Waals surface area contributed by atoms with Crippen molar-refractivity contribution in [3.63, 3.8) is 0 Å². The van der Waals surface area contributed by atoms with Crippen LogP contribution in [0.5, 0.6) is 0 Å². The van der Waals surface area contributed by atoms with Crippen LogP contribution in [0.4, 0.5) is 4.39 Å². The van der Waals surface area contributed by atoms with Gasteiger partial charge in [0.05, 0.1) is 6.61 Å². The predicted octanol–water partition coefficient (Wildman–Crippen LogP) is 2.82. The maximum absolute atomic E-state index is 13.4. The lowest BCUT2D eigenvalue weighted by atomic mass is 10.2. The lowest BCUT2D eigenvalue weighted by Crippen LogP contribution is -1.83. The molecule has 0 aliphatic carbocycles. The molecule has 13 heavy (non-hydrogen) atoms. The Morgan fingerprint density at radius 3 is 2.92 bits per heavy atom. The van der Waals surface area contributed by atoms with Crippen LogP contribution in [0.1, 0.15) is 5.56 Å². The van der Waals surface area contributed by atoms with Gasteiger partial charge in [0, 0.05) is 15.0 Å². The molecular formula is C9H7FOS2. The number of thiophene rings is 1. The molecule has 1 aromatic heterocycles. The summed E-state index contributed by atoms with van der Waals surface area (Å²) < 4.78 is 14.2. The van der Waals surface area contributed by atoms with Crippen molar-refractivity contribution in [3.8, 4) is 0 Å². The van der Waals surface area contributed by atoms with Crippen LogP contribution in [0.25, 0.3) is 10.1 Å². The number of thiol groups is 1. The number of fused-ring (bicyclic) bond motifs is 1. The van der Waals surface area contributed by atoms with E-state index >= 15 is 0 Å². The van der Waals surface area contributed by atoms with E-state index in [1.54, 1.807) is 11.4 Å². The minimum atomic E-state index is -0.312. The van der Waals surface area contributed by atoms with E-state index < -0.39 is 0 Å². The largest absolute Gasteiger partial charge is 0.392 e. The summed E-state index contributed by atoms with van der Waals surface area (Å²) in [4.78, 5) is 0.608. The predicted molar refractivity (Wildman–Crippen MR) is 55.0 cm³/mol. The molecule has 1 aromatic carbocycles. The molecule has 2 aromatic rings. The summed E-state index contributed by atoms with van der Waals surface area (Å²) in [6, 6.07) is 3.16. The van der Waals surface area contributed by atoms with Gasteiger partial charge in [0.25, 0.3) is 0 Å². The topological polar surface area (TPSA) is 20.2 Å². The molecule has 68 valence electrons. The molecule has 1 nitrogen and oxygen atoms in total. The highest BCUT2D eigenvalue weighted by molar-refractivity contribution is 7.80. The maximum atomic E-state index is 13.4. The van der Waals surface area contributed by atoms with Gasteiger partial charge in [-0.3, -0.25) is 0 Å². The van der Waals surface area contributed by atoms with Crippen LogP contribution in [-0.2, 0) is 6.61 Å². The van der Waals surface area contributed by atoms with Crippen molar-refractivity contribution in [2.24, 2.45) is 0 Å². The molecule has 4 heteroatoms. The van der Waals surface area contributed by atoms with Crippen molar-refractivity contribution in [1.82, 2.24) is 0 Å². The highest BCUT2D eigenvalue weighted by atomic mass is 32.1. The Morgan fingerprint density at radius 1 is 1.46 bits per heavy atom. The first-order chi connectivity index (χ1) is 6.22. The average molecular weight is 214 g/mol. The van der Waals surface area contributed by atoms with Gasteiger partial charge in [0.15, 0.2) is 0 Å². The van der Waals surface area contributed by atoms with E-state index in [-0.39, 0.29) is 12.4 Å². The van der Waals surface area contributed by atoms with Gasteiger partial charge in [0.1, 0.15) is 5.82 Å². The second-order valence-corrected chi connectivity index (χ2v) is 4.15. The summed E-state index contributed by atoms with van der Waals surface area (Å²) in [7, 11) is 0. The summed E-state index contributed by atoms with van der Waals surface area (Å²) >= 11 is 5.49. The molecule has 0 saturated heterocycles. The summed E-state index contributed by atoms with van der Waals surface area (Å²) in [5.41, 5.74) is 0.644. The van der Waals surface area contributed by atoms with E-state index in [0.717, 1.165) is 4.70 Å². The van der Waals surface area contributed by atoms with Gasteiger partial charge in [-0.1, -0.05) is 0 Å². The minimum absolute atomic E-state index is 0.122. The molecular weight excluding hydrogens is 207 g/mol. The third-order valence-electron chi connectivity index (χ3n) is 1.86. The minimum Gasteiger partial charge on any atom is -0.392 e. The summed E-state index contributed by atoms with van der Waals surface area (Å²) in [6.07, 6.45) is 0. The van der Waals surface area contributed by atoms with Crippen molar-refractivity contribution in [2.45, 2.75) is 11.5 Å². The molecule has 1 N–H and O–H groups in total. The molecule has 0 bridgehead atoms. The Bertz CT molecular complexity index is 450. The zero-order chi connectivity index (χ0) is 9.42. The maximum Gasteiger partial charge on any atom is 0.133 e. The number of benzene rings is 1. The van der Waals surface area contributed by atoms with Crippen molar-refractivity contribution in [1.29, 1.82) is 0 Å². The Labute approximate surface area is 84.2 Å². The van der Waals surface area contributed by atoms with Gasteiger partial charge in [0.2, 0.25) is 0 Å². The molecule has 0 amide bonds. The monoisotopic (exact) mass is 214 g/mol. The number of hydrogen-bond acceptors (Lipinski definition) is 3. The van der Waals surface area contributed by atoms with E-state index in [0.29, 0.717) is 15.8 Å². The highest BCUT2D eigenvalue weighted by Gasteiger charge is 2.08. The van der Waals surface area contributed by atoms with Gasteiger partial charge in [-0.25, -0.2) is 4.39 Å². The van der Waals surface area contributed by atoms with E-state index in [4.69, 9.17) is 5.11 Å². The van der Waals surface area contributed by atoms with Crippen LogP contribution in [-0.4, -0.2) is 5.11 Å². The van der Waals surface area contributed by atoms with Crippen molar-refractivity contribution >= 4 is 34.1 Å². The van der Waals surface area contributed by atoms with Crippen LogP contribution in [0.3, 0.4) is 0 Å². The first-order valence-electron chi connectivity index (χ1n) is 3.72. The second-order valence-electron chi connectivity index (χ2n) is 2.72. The smallest absolute Gasteiger partial charge is 0.133 e. The molecule has 0 radical (unpaired) electrons. The SMILES string of the molecule is OCc1csc2cc(S)cc(F)c12. The fraction of sp³-hybridized carbons (Fsp3) is 0.111. The third-order valence-corrected chi connectivity index (χ3v) is 3.09. The first kappa shape index (κ1) is 8.99. The Morgan fingerprint density at radius 2 is 2.23 bits per heavy atom. The Balaban J connectivity index is 2.82. The van der Waals surface area contributed by atoms with E-state index in [9.17, 15) is 4.39 Å². The molecule has 1 heterocycles. The van der Waals surface area contributed by atoms with E-state index in [1.807, 2.05) is 0 Å². The van der Waals surface area contributed by atoms with E-state index in [2.05, 4.69) is 12.6 Å². The van der Waals surface area contributed by atoms with Crippen LogP contribution < -0.4 is 0 Å². The normalized spacial score (nSPS) is 11.0. The molecule has 0 atom stereocenters. The average Bonchev–Trinajstić information content (AvgIpc) is 2.47. The van der Waals surface area contributed by atoms with Gasteiger partial charge >= 0.3 is 0 Å². The second kappa shape index (κ2) is 3.29. The first-order valence-corrected chi connectivity index (χ1v) is 5.04. The molecule has 0 aliphatic heterocycles. The van der Waals surface area contributed by atoms with Gasteiger partial charge in [-0.2, -0.15) is 0 Å². The number of rotatable bonds is 1. The molecule has 0 saturated carbocycles. The molecule has 0 spiro atoms. The summed E-state index contributed by atoms with van der Waals surface area (Å²) in [5, 5.41) is 11.2. The van der Waals surface area contributed by atoms with Gasteiger partial charge in [-0.15, -0.1) is 24.0 Å². The molecule has 2 rings (SSSR count). The zero-order valence-electron chi connectivity index (χ0n) is 6.62. The van der Waals surface area contributed by atoms with Crippen molar-refractivity contribution in [3.05, 3.63) is 28.9 Å². The molecule has 0 aliphatic rings. The Hall–Kier alpha value is -0.580. The summed E-state index contributed by atoms with van der Waals surface area (Å²) in [5.74, 6) is -0.312. The molecule has 0 fully saturated rings. The van der Waals surface area contributed by atoms with Crippen molar-refractivity contribution < 1.29 is 9.50 Å². The zero-order valence-corrected chi connectivity index (χ0v) is 8.33. The van der Waals surface area contributed by atoms with Gasteiger partial charge in [-0.05, 0) is 23.1 Å². The fourth-order valence-corrected chi connectivity index (χ4v) is 2.62. The van der Waals surface area contributed by atoms with Crippen LogP contribution in [0.15, 0.2) is 22.4 Å². The quantitative estimate of drug-likeness (QED) is 0.699. The van der Waals surface area contributed by atoms with E-state index in [1.165, 1.54) is 17.4 Å². The number of hydrogen-bond donors (Lipinski definition) is 2. The molecule has 0 unspecified atom stereocenters. The number of halogens is 1.